The Morgan fingerprint density at radius 1 is 0.900 bits per heavy atom. The smallest absolute Gasteiger partial charge is 0.376 e. The molecule has 0 amide bonds. The zero-order valence-corrected chi connectivity index (χ0v) is 20.7. The van der Waals surface area contributed by atoms with E-state index in [1.165, 1.54) is 6.66 Å². The van der Waals surface area contributed by atoms with Gasteiger partial charge in [-0.25, -0.2) is 4.57 Å². The standard InChI is InChI=1S/C23H34O5P2/c1-7-9-10-13-19-16-21(27-29(4,5)24)23(20-14-11-12-18(3)15-20)22(17-19)28-30(6,25)26-8-2/h11-12,14-17H,7-10,13H2,1-6H3. The maximum absolute atomic E-state index is 12.9. The number of hydrogen-bond donors (Lipinski definition) is 0. The zero-order chi connectivity index (χ0) is 22.4. The van der Waals surface area contributed by atoms with Gasteiger partial charge in [-0.3, -0.25) is 4.57 Å². The fraction of sp³-hybridized carbons (Fsp3) is 0.478. The number of hydrogen-bond acceptors (Lipinski definition) is 5. The molecule has 0 heterocycles. The molecule has 0 fully saturated rings. The van der Waals surface area contributed by atoms with E-state index >= 15 is 0 Å². The first kappa shape index (κ1) is 24.7. The van der Waals surface area contributed by atoms with Gasteiger partial charge in [-0.2, -0.15) is 0 Å². The van der Waals surface area contributed by atoms with Crippen LogP contribution in [0.25, 0.3) is 11.1 Å². The lowest BCUT2D eigenvalue weighted by Gasteiger charge is -2.22. The molecule has 0 saturated heterocycles. The van der Waals surface area contributed by atoms with Crippen LogP contribution in [-0.4, -0.2) is 26.6 Å². The van der Waals surface area contributed by atoms with Crippen molar-refractivity contribution in [2.75, 3.05) is 26.6 Å². The minimum atomic E-state index is -3.32. The average molecular weight is 452 g/mol. The average Bonchev–Trinajstić information content (AvgIpc) is 2.60. The summed E-state index contributed by atoms with van der Waals surface area (Å²) in [5, 5.41) is 0. The second-order valence-electron chi connectivity index (χ2n) is 7.92. The molecular weight excluding hydrogens is 418 g/mol. The molecule has 2 aromatic carbocycles. The summed E-state index contributed by atoms with van der Waals surface area (Å²) in [6.07, 6.45) is 4.07. The first-order valence-corrected chi connectivity index (χ1v) is 15.0. The van der Waals surface area contributed by atoms with Gasteiger partial charge in [0.2, 0.25) is 7.37 Å². The Hall–Kier alpha value is -1.54. The van der Waals surface area contributed by atoms with Gasteiger partial charge in [0.05, 0.1) is 12.2 Å². The SMILES string of the molecule is CCCCCc1cc(OP(C)(C)=O)c(-c2cccc(C)c2)c(OP(C)(=O)OCC)c1. The summed E-state index contributed by atoms with van der Waals surface area (Å²) in [6, 6.07) is 11.7. The van der Waals surface area contributed by atoms with Gasteiger partial charge in [0.1, 0.15) is 11.5 Å². The first-order valence-electron chi connectivity index (χ1n) is 10.4. The van der Waals surface area contributed by atoms with Crippen LogP contribution in [0, 0.1) is 6.92 Å². The molecule has 7 heteroatoms. The topological polar surface area (TPSA) is 61.8 Å². The molecule has 0 aliphatic carbocycles. The molecule has 0 aromatic heterocycles. The summed E-state index contributed by atoms with van der Waals surface area (Å²) in [7, 11) is -6.16. The van der Waals surface area contributed by atoms with Crippen molar-refractivity contribution in [2.45, 2.75) is 46.5 Å². The summed E-state index contributed by atoms with van der Waals surface area (Å²) in [5.74, 6) is 0.909. The molecule has 0 saturated carbocycles. The van der Waals surface area contributed by atoms with Crippen LogP contribution in [0.3, 0.4) is 0 Å². The highest BCUT2D eigenvalue weighted by atomic mass is 31.2. The van der Waals surface area contributed by atoms with E-state index in [2.05, 4.69) is 6.92 Å². The van der Waals surface area contributed by atoms with Gasteiger partial charge in [0.25, 0.3) is 0 Å². The molecule has 166 valence electrons. The fourth-order valence-corrected chi connectivity index (χ4v) is 4.91. The third-order valence-corrected chi connectivity index (χ3v) is 6.34. The zero-order valence-electron chi connectivity index (χ0n) is 18.9. The van der Waals surface area contributed by atoms with Gasteiger partial charge in [-0.15, -0.1) is 0 Å². The molecule has 0 spiro atoms. The van der Waals surface area contributed by atoms with E-state index in [-0.39, 0.29) is 6.61 Å². The minimum absolute atomic E-state index is 0.284. The van der Waals surface area contributed by atoms with Crippen molar-refractivity contribution in [3.63, 3.8) is 0 Å². The van der Waals surface area contributed by atoms with Gasteiger partial charge in [0.15, 0.2) is 0 Å². The van der Waals surface area contributed by atoms with Crippen LogP contribution in [0.4, 0.5) is 0 Å². The van der Waals surface area contributed by atoms with E-state index in [1.807, 2.05) is 43.3 Å². The van der Waals surface area contributed by atoms with Gasteiger partial charge in [-0.05, 0) is 49.9 Å². The first-order chi connectivity index (χ1) is 14.0. The molecule has 1 unspecified atom stereocenters. The highest BCUT2D eigenvalue weighted by Crippen LogP contribution is 2.52. The molecule has 30 heavy (non-hydrogen) atoms. The van der Waals surface area contributed by atoms with E-state index in [0.717, 1.165) is 42.4 Å². The van der Waals surface area contributed by atoms with Crippen molar-refractivity contribution < 1.29 is 22.7 Å². The van der Waals surface area contributed by atoms with Gasteiger partial charge in [-0.1, -0.05) is 49.6 Å². The normalized spacial score (nSPS) is 13.7. The Balaban J connectivity index is 2.68. The van der Waals surface area contributed by atoms with Crippen LogP contribution >= 0.6 is 15.0 Å². The molecule has 5 nitrogen and oxygen atoms in total. The molecule has 2 aromatic rings. The third-order valence-electron chi connectivity index (χ3n) is 4.45. The molecule has 0 N–H and O–H groups in total. The van der Waals surface area contributed by atoms with Crippen LogP contribution in [0.5, 0.6) is 11.5 Å². The van der Waals surface area contributed by atoms with Crippen molar-refractivity contribution in [1.82, 2.24) is 0 Å². The Kier molecular flexibility index (Phi) is 8.79. The summed E-state index contributed by atoms with van der Waals surface area (Å²) < 4.78 is 42.7. The lowest BCUT2D eigenvalue weighted by atomic mass is 9.98. The predicted molar refractivity (Wildman–Crippen MR) is 126 cm³/mol. The highest BCUT2D eigenvalue weighted by molar-refractivity contribution is 7.57. The Labute approximate surface area is 181 Å². The summed E-state index contributed by atoms with van der Waals surface area (Å²) in [6.45, 7) is 10.9. The van der Waals surface area contributed by atoms with Crippen molar-refractivity contribution in [3.05, 3.63) is 47.5 Å². The quantitative estimate of drug-likeness (QED) is 0.260. The van der Waals surface area contributed by atoms with Crippen molar-refractivity contribution in [1.29, 1.82) is 0 Å². The van der Waals surface area contributed by atoms with E-state index in [0.29, 0.717) is 17.1 Å². The lowest BCUT2D eigenvalue weighted by molar-refractivity contribution is 0.285. The number of unbranched alkanes of at least 4 members (excludes halogenated alkanes) is 2. The second kappa shape index (κ2) is 10.7. The molecule has 2 rings (SSSR count). The number of benzene rings is 2. The van der Waals surface area contributed by atoms with Gasteiger partial charge >= 0.3 is 7.60 Å². The van der Waals surface area contributed by atoms with Crippen LogP contribution in [-0.2, 0) is 20.1 Å². The second-order valence-corrected chi connectivity index (χ2v) is 12.6. The predicted octanol–water partition coefficient (Wildman–Crippen LogP) is 7.55. The fourth-order valence-electron chi connectivity index (χ4n) is 3.27. The Morgan fingerprint density at radius 2 is 1.57 bits per heavy atom. The minimum Gasteiger partial charge on any atom is -0.442 e. The van der Waals surface area contributed by atoms with E-state index < -0.39 is 15.0 Å². The van der Waals surface area contributed by atoms with Crippen molar-refractivity contribution in [2.24, 2.45) is 0 Å². The summed E-state index contributed by atoms with van der Waals surface area (Å²) in [4.78, 5) is 0. The Morgan fingerprint density at radius 3 is 2.13 bits per heavy atom. The van der Waals surface area contributed by atoms with E-state index in [9.17, 15) is 9.13 Å². The highest BCUT2D eigenvalue weighted by Gasteiger charge is 2.25. The summed E-state index contributed by atoms with van der Waals surface area (Å²) >= 11 is 0. The van der Waals surface area contributed by atoms with Crippen LogP contribution in [0.1, 0.15) is 44.2 Å². The molecule has 0 aliphatic heterocycles. The van der Waals surface area contributed by atoms with E-state index in [1.54, 1.807) is 20.3 Å². The van der Waals surface area contributed by atoms with E-state index in [4.69, 9.17) is 13.6 Å². The Bertz CT molecular complexity index is 949. The van der Waals surface area contributed by atoms with Gasteiger partial charge < -0.3 is 13.6 Å². The third kappa shape index (κ3) is 7.61. The number of aryl methyl sites for hydroxylation is 2. The van der Waals surface area contributed by atoms with Crippen LogP contribution < -0.4 is 9.05 Å². The van der Waals surface area contributed by atoms with Crippen molar-refractivity contribution >= 4 is 15.0 Å². The van der Waals surface area contributed by atoms with Crippen LogP contribution in [0.2, 0.25) is 0 Å². The van der Waals surface area contributed by atoms with Crippen LogP contribution in [0.15, 0.2) is 36.4 Å². The summed E-state index contributed by atoms with van der Waals surface area (Å²) in [5.41, 5.74) is 3.56. The maximum Gasteiger partial charge on any atom is 0.376 e. The molecule has 0 aliphatic rings. The molecule has 0 bridgehead atoms. The van der Waals surface area contributed by atoms with Gasteiger partial charge in [0, 0.05) is 20.0 Å². The molecule has 1 atom stereocenters. The monoisotopic (exact) mass is 452 g/mol. The molecular formula is C23H34O5P2. The maximum atomic E-state index is 12.9. The molecule has 0 radical (unpaired) electrons. The lowest BCUT2D eigenvalue weighted by Crippen LogP contribution is -2.01. The number of rotatable bonds is 11. The largest absolute Gasteiger partial charge is 0.442 e. The van der Waals surface area contributed by atoms with Crippen molar-refractivity contribution in [3.8, 4) is 22.6 Å².